The molecule has 0 aromatic heterocycles. The third-order valence-electron chi connectivity index (χ3n) is 5.77. The lowest BCUT2D eigenvalue weighted by Gasteiger charge is -2.15. The van der Waals surface area contributed by atoms with Crippen molar-refractivity contribution >= 4 is 58.1 Å². The summed E-state index contributed by atoms with van der Waals surface area (Å²) >= 11 is 6.23. The number of amides is 3. The third-order valence-corrected chi connectivity index (χ3v) is 6.12. The molecule has 0 unspecified atom stereocenters. The number of esters is 1. The number of hydrogen-bond acceptors (Lipinski definition) is 7. The molecule has 1 aliphatic heterocycles. The summed E-state index contributed by atoms with van der Waals surface area (Å²) in [5.41, 5.74) is 2.05. The predicted molar refractivity (Wildman–Crippen MR) is 147 cm³/mol. The number of benzene rings is 3. The van der Waals surface area contributed by atoms with Crippen LogP contribution in [0.4, 0.5) is 17.1 Å². The van der Waals surface area contributed by atoms with E-state index in [9.17, 15) is 24.0 Å². The van der Waals surface area contributed by atoms with Crippen LogP contribution in [-0.4, -0.2) is 36.1 Å². The first-order valence-electron chi connectivity index (χ1n) is 12.0. The highest BCUT2D eigenvalue weighted by Gasteiger charge is 2.39. The van der Waals surface area contributed by atoms with Gasteiger partial charge in [0, 0.05) is 22.5 Å². The van der Waals surface area contributed by atoms with Crippen molar-refractivity contribution in [3.05, 3.63) is 100 Å². The Morgan fingerprint density at radius 3 is 2.15 bits per heavy atom. The molecule has 0 saturated heterocycles. The van der Waals surface area contributed by atoms with Crippen LogP contribution in [0.3, 0.4) is 0 Å². The summed E-state index contributed by atoms with van der Waals surface area (Å²) in [7, 11) is 0. The van der Waals surface area contributed by atoms with E-state index in [0.29, 0.717) is 23.4 Å². The second-order valence-electron chi connectivity index (χ2n) is 8.61. The van der Waals surface area contributed by atoms with E-state index >= 15 is 0 Å². The number of rotatable bonds is 9. The summed E-state index contributed by atoms with van der Waals surface area (Å²) in [6.45, 7) is 3.62. The molecular weight excluding hydrogens is 522 g/mol. The van der Waals surface area contributed by atoms with Crippen molar-refractivity contribution in [3.63, 3.8) is 0 Å². The average molecular weight is 546 g/mol. The Labute approximate surface area is 229 Å². The summed E-state index contributed by atoms with van der Waals surface area (Å²) in [4.78, 5) is 63.1. The first-order valence-corrected chi connectivity index (χ1v) is 12.4. The Kier molecular flexibility index (Phi) is 8.21. The van der Waals surface area contributed by atoms with E-state index < -0.39 is 23.7 Å². The van der Waals surface area contributed by atoms with Crippen LogP contribution in [0.5, 0.6) is 0 Å². The van der Waals surface area contributed by atoms with E-state index in [1.807, 2.05) is 6.92 Å². The van der Waals surface area contributed by atoms with Crippen LogP contribution in [0.1, 0.15) is 51.3 Å². The fourth-order valence-electron chi connectivity index (χ4n) is 3.74. The van der Waals surface area contributed by atoms with Gasteiger partial charge in [0.15, 0.2) is 5.78 Å². The first-order chi connectivity index (χ1) is 18.7. The second kappa shape index (κ2) is 11.7. The van der Waals surface area contributed by atoms with Crippen LogP contribution in [0, 0.1) is 0 Å². The van der Waals surface area contributed by atoms with Gasteiger partial charge in [-0.15, -0.1) is 0 Å². The van der Waals surface area contributed by atoms with Gasteiger partial charge < -0.3 is 15.4 Å². The summed E-state index contributed by atoms with van der Waals surface area (Å²) in [6, 6.07) is 18.6. The number of nitrogens with zero attached hydrogens (tertiary/aromatic N) is 1. The number of carbonyl (C=O) groups is 5. The summed E-state index contributed by atoms with van der Waals surface area (Å²) in [5, 5.41) is 5.28. The maximum atomic E-state index is 13.1. The second-order valence-corrected chi connectivity index (χ2v) is 8.99. The largest absolute Gasteiger partial charge is 0.462 e. The van der Waals surface area contributed by atoms with E-state index in [4.69, 9.17) is 16.3 Å². The van der Waals surface area contributed by atoms with Gasteiger partial charge in [0.2, 0.25) is 0 Å². The molecule has 0 spiro atoms. The topological polar surface area (TPSA) is 122 Å². The predicted octanol–water partition coefficient (Wildman–Crippen LogP) is 5.14. The van der Waals surface area contributed by atoms with Gasteiger partial charge in [0.05, 0.1) is 17.9 Å². The number of halogens is 1. The lowest BCUT2D eigenvalue weighted by Crippen LogP contribution is -2.32. The Balaban J connectivity index is 1.47. The van der Waals surface area contributed by atoms with Gasteiger partial charge in [-0.25, -0.2) is 9.69 Å². The van der Waals surface area contributed by atoms with Crippen molar-refractivity contribution in [2.45, 2.75) is 20.3 Å². The smallest absolute Gasteiger partial charge is 0.338 e. The minimum Gasteiger partial charge on any atom is -0.462 e. The number of hydrogen-bond donors (Lipinski definition) is 2. The molecule has 0 atom stereocenters. The zero-order valence-corrected chi connectivity index (χ0v) is 21.9. The number of ketones is 1. The van der Waals surface area contributed by atoms with Crippen molar-refractivity contribution in [1.29, 1.82) is 0 Å². The average Bonchev–Trinajstić information content (AvgIpc) is 3.15. The molecule has 9 nitrogen and oxygen atoms in total. The number of Topliss-reactive ketones (excluding diaryl/α,β-unsaturated/α-hetero) is 1. The molecule has 198 valence electrons. The number of nitrogens with one attached hydrogen (secondary N) is 2. The van der Waals surface area contributed by atoms with Crippen LogP contribution in [-0.2, 0) is 14.3 Å². The van der Waals surface area contributed by atoms with E-state index in [2.05, 4.69) is 10.6 Å². The zero-order valence-electron chi connectivity index (χ0n) is 21.1. The first kappa shape index (κ1) is 27.3. The molecular formula is C29H24ClN3O6. The molecule has 3 amide bonds. The molecule has 4 rings (SSSR count). The van der Waals surface area contributed by atoms with Gasteiger partial charge in [0.25, 0.3) is 17.7 Å². The standard InChI is InChI=1S/C29H24ClN3O6/c1-3-15-39-29(38)19-9-13-23(14-10-19)33-27(36)24(30)25(28(33)37)31-22-6-4-5-20(16-22)26(35)32-21-11-7-18(8-12-21)17(2)34/h4-14,16,31H,3,15H2,1-2H3,(H,32,35). The van der Waals surface area contributed by atoms with Gasteiger partial charge in [-0.05, 0) is 80.1 Å². The molecule has 1 heterocycles. The molecule has 0 bridgehead atoms. The van der Waals surface area contributed by atoms with Gasteiger partial charge in [0.1, 0.15) is 10.7 Å². The van der Waals surface area contributed by atoms with Crippen molar-refractivity contribution in [2.24, 2.45) is 0 Å². The Morgan fingerprint density at radius 2 is 1.51 bits per heavy atom. The molecule has 0 radical (unpaired) electrons. The van der Waals surface area contributed by atoms with Gasteiger partial charge in [-0.3, -0.25) is 19.2 Å². The Bertz CT molecular complexity index is 1500. The number of anilines is 3. The van der Waals surface area contributed by atoms with E-state index in [0.717, 1.165) is 4.90 Å². The van der Waals surface area contributed by atoms with E-state index in [1.54, 1.807) is 42.5 Å². The molecule has 3 aromatic carbocycles. The molecule has 0 fully saturated rings. The van der Waals surface area contributed by atoms with Crippen molar-refractivity contribution in [2.75, 3.05) is 22.1 Å². The minimum absolute atomic E-state index is 0.0813. The van der Waals surface area contributed by atoms with Crippen LogP contribution >= 0.6 is 11.6 Å². The van der Waals surface area contributed by atoms with Crippen LogP contribution < -0.4 is 15.5 Å². The highest BCUT2D eigenvalue weighted by atomic mass is 35.5. The van der Waals surface area contributed by atoms with Crippen molar-refractivity contribution < 1.29 is 28.7 Å². The SMILES string of the molecule is CCCOC(=O)c1ccc(N2C(=O)C(Cl)=C(Nc3cccc(C(=O)Nc4ccc(C(C)=O)cc4)c3)C2=O)cc1. The van der Waals surface area contributed by atoms with Gasteiger partial charge in [-0.2, -0.15) is 0 Å². The number of imide groups is 1. The summed E-state index contributed by atoms with van der Waals surface area (Å²) in [5.74, 6) is -2.41. The Morgan fingerprint density at radius 1 is 0.846 bits per heavy atom. The van der Waals surface area contributed by atoms with Crippen LogP contribution in [0.25, 0.3) is 0 Å². The summed E-state index contributed by atoms with van der Waals surface area (Å²) in [6.07, 6.45) is 0.685. The maximum absolute atomic E-state index is 13.1. The fourth-order valence-corrected chi connectivity index (χ4v) is 3.96. The van der Waals surface area contributed by atoms with Gasteiger partial charge >= 0.3 is 5.97 Å². The molecule has 0 saturated carbocycles. The molecule has 39 heavy (non-hydrogen) atoms. The Hall–Kier alpha value is -4.76. The number of ether oxygens (including phenoxy) is 1. The van der Waals surface area contributed by atoms with Crippen LogP contribution in [0.15, 0.2) is 83.5 Å². The fraction of sp³-hybridized carbons (Fsp3) is 0.138. The summed E-state index contributed by atoms with van der Waals surface area (Å²) < 4.78 is 5.09. The normalized spacial score (nSPS) is 12.9. The monoisotopic (exact) mass is 545 g/mol. The minimum atomic E-state index is -0.728. The highest BCUT2D eigenvalue weighted by molar-refractivity contribution is 6.53. The zero-order chi connectivity index (χ0) is 28.1. The van der Waals surface area contributed by atoms with Gasteiger partial charge in [-0.1, -0.05) is 24.6 Å². The number of carbonyl (C=O) groups excluding carboxylic acids is 5. The highest BCUT2D eigenvalue weighted by Crippen LogP contribution is 2.30. The van der Waals surface area contributed by atoms with Crippen molar-refractivity contribution in [1.82, 2.24) is 0 Å². The third kappa shape index (κ3) is 6.05. The maximum Gasteiger partial charge on any atom is 0.338 e. The van der Waals surface area contributed by atoms with Crippen LogP contribution in [0.2, 0.25) is 0 Å². The van der Waals surface area contributed by atoms with Crippen molar-refractivity contribution in [3.8, 4) is 0 Å². The molecule has 0 aliphatic carbocycles. The van der Waals surface area contributed by atoms with E-state index in [-0.39, 0.29) is 39.9 Å². The molecule has 10 heteroatoms. The molecule has 1 aliphatic rings. The lowest BCUT2D eigenvalue weighted by molar-refractivity contribution is -0.120. The lowest BCUT2D eigenvalue weighted by atomic mass is 10.1. The molecule has 3 aromatic rings. The molecule has 2 N–H and O–H groups in total. The quantitative estimate of drug-likeness (QED) is 0.217. The van der Waals surface area contributed by atoms with E-state index in [1.165, 1.54) is 37.3 Å².